The van der Waals surface area contributed by atoms with E-state index in [0.29, 0.717) is 24.2 Å². The first-order chi connectivity index (χ1) is 10.6. The molecule has 0 aliphatic carbocycles. The van der Waals surface area contributed by atoms with Crippen molar-refractivity contribution >= 4 is 17.5 Å². The Morgan fingerprint density at radius 2 is 1.64 bits per heavy atom. The number of rotatable bonds is 5. The predicted molar refractivity (Wildman–Crippen MR) is 87.6 cm³/mol. The quantitative estimate of drug-likeness (QED) is 0.920. The summed E-state index contributed by atoms with van der Waals surface area (Å²) < 4.78 is 0. The minimum Gasteiger partial charge on any atom is -0.337 e. The van der Waals surface area contributed by atoms with Crippen molar-refractivity contribution in [2.24, 2.45) is 0 Å². The Labute approximate surface area is 130 Å². The molecule has 0 heterocycles. The van der Waals surface area contributed by atoms with Crippen molar-refractivity contribution < 1.29 is 9.59 Å². The highest BCUT2D eigenvalue weighted by atomic mass is 16.2. The summed E-state index contributed by atoms with van der Waals surface area (Å²) in [6, 6.07) is 16.9. The van der Waals surface area contributed by atoms with Crippen LogP contribution in [0.25, 0.3) is 0 Å². The smallest absolute Gasteiger partial charge is 0.256 e. The average molecular weight is 296 g/mol. The van der Waals surface area contributed by atoms with Crippen LogP contribution in [-0.4, -0.2) is 23.8 Å². The topological polar surface area (TPSA) is 49.4 Å². The zero-order valence-corrected chi connectivity index (χ0v) is 12.9. The molecule has 0 atom stereocenters. The van der Waals surface area contributed by atoms with E-state index >= 15 is 0 Å². The Morgan fingerprint density at radius 3 is 2.32 bits per heavy atom. The van der Waals surface area contributed by atoms with Gasteiger partial charge in [0, 0.05) is 20.0 Å². The molecule has 0 bridgehead atoms. The Bertz CT molecular complexity index is 653. The van der Waals surface area contributed by atoms with Crippen LogP contribution in [0.1, 0.15) is 29.3 Å². The van der Waals surface area contributed by atoms with E-state index in [0.717, 1.165) is 5.56 Å². The summed E-state index contributed by atoms with van der Waals surface area (Å²) in [6.45, 7) is 2.30. The molecule has 2 amide bonds. The van der Waals surface area contributed by atoms with E-state index in [4.69, 9.17) is 0 Å². The standard InChI is InChI=1S/C18H20N2O2/c1-3-17(21)19-16-12-8-7-11-15(16)18(22)20(2)13-14-9-5-4-6-10-14/h4-12H,3,13H2,1-2H3,(H,19,21). The normalized spacial score (nSPS) is 10.1. The molecule has 0 aromatic heterocycles. The van der Waals surface area contributed by atoms with Crippen LogP contribution in [0.3, 0.4) is 0 Å². The van der Waals surface area contributed by atoms with Gasteiger partial charge in [-0.1, -0.05) is 49.4 Å². The Balaban J connectivity index is 2.16. The number of nitrogens with zero attached hydrogens (tertiary/aromatic N) is 1. The fourth-order valence-electron chi connectivity index (χ4n) is 2.15. The Morgan fingerprint density at radius 1 is 1.00 bits per heavy atom. The van der Waals surface area contributed by atoms with E-state index < -0.39 is 0 Å². The van der Waals surface area contributed by atoms with Gasteiger partial charge in [-0.3, -0.25) is 9.59 Å². The molecule has 2 rings (SSSR count). The first-order valence-corrected chi connectivity index (χ1v) is 7.30. The zero-order valence-electron chi connectivity index (χ0n) is 12.9. The number of hydrogen-bond donors (Lipinski definition) is 1. The molecule has 0 fully saturated rings. The third-order valence-electron chi connectivity index (χ3n) is 3.36. The van der Waals surface area contributed by atoms with Gasteiger partial charge in [-0.25, -0.2) is 0 Å². The fourth-order valence-corrected chi connectivity index (χ4v) is 2.15. The third-order valence-corrected chi connectivity index (χ3v) is 3.36. The van der Waals surface area contributed by atoms with Crippen molar-refractivity contribution in [1.29, 1.82) is 0 Å². The van der Waals surface area contributed by atoms with Crippen molar-refractivity contribution in [1.82, 2.24) is 4.90 Å². The number of hydrogen-bond acceptors (Lipinski definition) is 2. The van der Waals surface area contributed by atoms with Gasteiger partial charge >= 0.3 is 0 Å². The average Bonchev–Trinajstić information content (AvgIpc) is 2.55. The van der Waals surface area contributed by atoms with Crippen LogP contribution in [-0.2, 0) is 11.3 Å². The third kappa shape index (κ3) is 3.95. The molecule has 0 spiro atoms. The molecule has 4 heteroatoms. The lowest BCUT2D eigenvalue weighted by atomic mass is 10.1. The van der Waals surface area contributed by atoms with Gasteiger partial charge in [0.15, 0.2) is 0 Å². The summed E-state index contributed by atoms with van der Waals surface area (Å²) in [5.41, 5.74) is 2.12. The molecule has 114 valence electrons. The summed E-state index contributed by atoms with van der Waals surface area (Å²) in [5, 5.41) is 2.77. The molecular formula is C18H20N2O2. The monoisotopic (exact) mass is 296 g/mol. The van der Waals surface area contributed by atoms with Crippen LogP contribution in [0.15, 0.2) is 54.6 Å². The van der Waals surface area contributed by atoms with Gasteiger partial charge in [-0.2, -0.15) is 0 Å². The minimum absolute atomic E-state index is 0.106. The number of benzene rings is 2. The summed E-state index contributed by atoms with van der Waals surface area (Å²) in [4.78, 5) is 25.8. The highest BCUT2D eigenvalue weighted by molar-refractivity contribution is 6.03. The lowest BCUT2D eigenvalue weighted by molar-refractivity contribution is -0.115. The van der Waals surface area contributed by atoms with Gasteiger partial charge < -0.3 is 10.2 Å². The second-order valence-corrected chi connectivity index (χ2v) is 5.09. The number of amides is 2. The van der Waals surface area contributed by atoms with Gasteiger partial charge in [0.25, 0.3) is 5.91 Å². The SMILES string of the molecule is CCC(=O)Nc1ccccc1C(=O)N(C)Cc1ccccc1. The number of carbonyl (C=O) groups is 2. The second-order valence-electron chi connectivity index (χ2n) is 5.09. The summed E-state index contributed by atoms with van der Waals surface area (Å²) in [7, 11) is 1.76. The molecule has 0 radical (unpaired) electrons. The Hall–Kier alpha value is -2.62. The van der Waals surface area contributed by atoms with Crippen LogP contribution >= 0.6 is 0 Å². The van der Waals surface area contributed by atoms with Gasteiger partial charge in [0.2, 0.25) is 5.91 Å². The molecule has 0 aliphatic rings. The lowest BCUT2D eigenvalue weighted by Crippen LogP contribution is -2.27. The van der Waals surface area contributed by atoms with Crippen molar-refractivity contribution in [3.05, 3.63) is 65.7 Å². The highest BCUT2D eigenvalue weighted by Crippen LogP contribution is 2.18. The maximum absolute atomic E-state index is 12.6. The lowest BCUT2D eigenvalue weighted by Gasteiger charge is -2.19. The minimum atomic E-state index is -0.115. The highest BCUT2D eigenvalue weighted by Gasteiger charge is 2.16. The summed E-state index contributed by atoms with van der Waals surface area (Å²) in [5.74, 6) is -0.221. The van der Waals surface area contributed by atoms with Crippen LogP contribution in [0, 0.1) is 0 Å². The zero-order chi connectivity index (χ0) is 15.9. The van der Waals surface area contributed by atoms with Crippen LogP contribution in [0.2, 0.25) is 0 Å². The van der Waals surface area contributed by atoms with E-state index in [1.54, 1.807) is 43.1 Å². The van der Waals surface area contributed by atoms with Gasteiger partial charge in [0.05, 0.1) is 11.3 Å². The molecule has 0 saturated heterocycles. The molecular weight excluding hydrogens is 276 g/mol. The number of nitrogens with one attached hydrogen (secondary N) is 1. The van der Waals surface area contributed by atoms with Gasteiger partial charge in [-0.05, 0) is 17.7 Å². The molecule has 2 aromatic rings. The summed E-state index contributed by atoms with van der Waals surface area (Å²) in [6.07, 6.45) is 0.377. The fraction of sp³-hybridized carbons (Fsp3) is 0.222. The van der Waals surface area contributed by atoms with E-state index in [-0.39, 0.29) is 11.8 Å². The van der Waals surface area contributed by atoms with Crippen LogP contribution < -0.4 is 5.32 Å². The van der Waals surface area contributed by atoms with E-state index in [1.807, 2.05) is 30.3 Å². The molecule has 2 aromatic carbocycles. The first kappa shape index (κ1) is 15.8. The number of anilines is 1. The maximum Gasteiger partial charge on any atom is 0.256 e. The Kier molecular flexibility index (Phi) is 5.31. The maximum atomic E-state index is 12.6. The van der Waals surface area contributed by atoms with Crippen molar-refractivity contribution in [2.45, 2.75) is 19.9 Å². The predicted octanol–water partition coefficient (Wildman–Crippen LogP) is 3.31. The van der Waals surface area contributed by atoms with E-state index in [1.165, 1.54) is 0 Å². The van der Waals surface area contributed by atoms with Crippen molar-refractivity contribution in [3.8, 4) is 0 Å². The first-order valence-electron chi connectivity index (χ1n) is 7.30. The van der Waals surface area contributed by atoms with Crippen molar-refractivity contribution in [3.63, 3.8) is 0 Å². The summed E-state index contributed by atoms with van der Waals surface area (Å²) >= 11 is 0. The number of carbonyl (C=O) groups excluding carboxylic acids is 2. The molecule has 0 unspecified atom stereocenters. The largest absolute Gasteiger partial charge is 0.337 e. The molecule has 4 nitrogen and oxygen atoms in total. The molecule has 1 N–H and O–H groups in total. The van der Waals surface area contributed by atoms with Crippen LogP contribution in [0.5, 0.6) is 0 Å². The molecule has 0 aliphatic heterocycles. The van der Waals surface area contributed by atoms with Crippen LogP contribution in [0.4, 0.5) is 5.69 Å². The van der Waals surface area contributed by atoms with Gasteiger partial charge in [0.1, 0.15) is 0 Å². The van der Waals surface area contributed by atoms with Crippen molar-refractivity contribution in [2.75, 3.05) is 12.4 Å². The number of para-hydroxylation sites is 1. The molecule has 22 heavy (non-hydrogen) atoms. The molecule has 0 saturated carbocycles. The second kappa shape index (κ2) is 7.41. The van der Waals surface area contributed by atoms with E-state index in [2.05, 4.69) is 5.32 Å². The van der Waals surface area contributed by atoms with E-state index in [9.17, 15) is 9.59 Å². The van der Waals surface area contributed by atoms with Gasteiger partial charge in [-0.15, -0.1) is 0 Å².